The lowest BCUT2D eigenvalue weighted by Gasteiger charge is -2.26. The Morgan fingerprint density at radius 2 is 1.89 bits per heavy atom. The Morgan fingerprint density at radius 3 is 2.43 bits per heavy atom. The van der Waals surface area contributed by atoms with E-state index in [1.165, 1.54) is 0 Å². The van der Waals surface area contributed by atoms with Crippen molar-refractivity contribution in [2.45, 2.75) is 37.6 Å². The zero-order chi connectivity index (χ0) is 21.0. The van der Waals surface area contributed by atoms with Gasteiger partial charge in [-0.3, -0.25) is 0 Å². The number of hydrogen-bond donors (Lipinski definition) is 0. The smallest absolute Gasteiger partial charge is 0.573 e. The lowest BCUT2D eigenvalue weighted by molar-refractivity contribution is -0.275. The Kier molecular flexibility index (Phi) is 6.46. The Balaban J connectivity index is 2.27. The van der Waals surface area contributed by atoms with Crippen LogP contribution in [0.15, 0.2) is 18.2 Å². The van der Waals surface area contributed by atoms with Gasteiger partial charge < -0.3 is 18.8 Å². The van der Waals surface area contributed by atoms with E-state index in [1.54, 1.807) is 0 Å². The summed E-state index contributed by atoms with van der Waals surface area (Å²) in [6, 6.07) is 2.81. The van der Waals surface area contributed by atoms with E-state index in [1.807, 2.05) is 0 Å². The molecule has 1 aliphatic carbocycles. The lowest BCUT2D eigenvalue weighted by Crippen LogP contribution is -2.31. The van der Waals surface area contributed by atoms with E-state index in [9.17, 15) is 30.9 Å². The molecule has 1 aliphatic rings. The van der Waals surface area contributed by atoms with Crippen LogP contribution in [0, 0.1) is 12.3 Å². The van der Waals surface area contributed by atoms with E-state index in [-0.39, 0.29) is 5.56 Å². The summed E-state index contributed by atoms with van der Waals surface area (Å²) < 4.78 is 83.8. The van der Waals surface area contributed by atoms with Crippen molar-refractivity contribution in [3.63, 3.8) is 0 Å². The normalized spacial score (nSPS) is 16.2. The average Bonchev–Trinajstić information content (AvgIpc) is 3.03. The molecule has 2 rings (SSSR count). The molecule has 1 fully saturated rings. The van der Waals surface area contributed by atoms with Crippen LogP contribution in [0.3, 0.4) is 0 Å². The van der Waals surface area contributed by atoms with Crippen LogP contribution in [-0.2, 0) is 14.9 Å². The molecule has 0 aliphatic heterocycles. The molecule has 0 amide bonds. The molecule has 0 atom stereocenters. The highest BCUT2D eigenvalue weighted by molar-refractivity contribution is 7.85. The molecule has 0 unspecified atom stereocenters. The number of carbonyl (C=O) groups is 1. The average molecular weight is 421 g/mol. The fourth-order valence-electron chi connectivity index (χ4n) is 2.68. The van der Waals surface area contributed by atoms with E-state index in [2.05, 4.69) is 15.4 Å². The summed E-state index contributed by atoms with van der Waals surface area (Å²) >= 11 is 0. The summed E-state index contributed by atoms with van der Waals surface area (Å²) in [5.74, 6) is -0.629. The summed E-state index contributed by atoms with van der Waals surface area (Å²) in [4.78, 5) is 12.0. The third kappa shape index (κ3) is 6.31. The minimum absolute atomic E-state index is 0.224. The number of halogens is 3. The van der Waals surface area contributed by atoms with Gasteiger partial charge in [-0.1, -0.05) is 5.92 Å². The fourth-order valence-corrected chi connectivity index (χ4v) is 2.96. The first kappa shape index (κ1) is 21.8. The molecule has 0 saturated heterocycles. The van der Waals surface area contributed by atoms with Crippen molar-refractivity contribution >= 4 is 16.1 Å². The van der Waals surface area contributed by atoms with Gasteiger partial charge in [-0.2, -0.15) is 0 Å². The van der Waals surface area contributed by atoms with Gasteiger partial charge in [-0.25, -0.2) is 13.2 Å². The Bertz CT molecular complexity index is 866. The minimum Gasteiger partial charge on any atom is -0.748 e. The van der Waals surface area contributed by atoms with E-state index >= 15 is 0 Å². The van der Waals surface area contributed by atoms with E-state index in [0.717, 1.165) is 31.0 Å². The maximum absolute atomic E-state index is 12.7. The van der Waals surface area contributed by atoms with Gasteiger partial charge in [-0.05, 0) is 43.9 Å². The predicted molar refractivity (Wildman–Crippen MR) is 88.6 cm³/mol. The maximum atomic E-state index is 12.7. The molecule has 1 saturated carbocycles. The Labute approximate surface area is 159 Å². The molecule has 1 aromatic carbocycles. The van der Waals surface area contributed by atoms with Crippen molar-refractivity contribution in [1.29, 1.82) is 0 Å². The second kappa shape index (κ2) is 8.28. The van der Waals surface area contributed by atoms with Gasteiger partial charge in [-0.15, -0.1) is 19.6 Å². The first-order valence-corrected chi connectivity index (χ1v) is 9.68. The predicted octanol–water partition coefficient (Wildman–Crippen LogP) is 2.61. The molecular formula is C17H16F3O7S-. The van der Waals surface area contributed by atoms with Crippen LogP contribution >= 0.6 is 0 Å². The van der Waals surface area contributed by atoms with Crippen molar-refractivity contribution < 1.29 is 45.1 Å². The van der Waals surface area contributed by atoms with Crippen molar-refractivity contribution in [1.82, 2.24) is 0 Å². The monoisotopic (exact) mass is 421 g/mol. The number of ether oxygens (including phenoxy) is 3. The van der Waals surface area contributed by atoms with Crippen LogP contribution in [0.25, 0.3) is 0 Å². The largest absolute Gasteiger partial charge is 0.748 e. The maximum Gasteiger partial charge on any atom is 0.573 e. The van der Waals surface area contributed by atoms with Gasteiger partial charge in [0.05, 0.1) is 21.4 Å². The number of terminal acetylenes is 1. The van der Waals surface area contributed by atoms with Crippen LogP contribution in [0.4, 0.5) is 13.2 Å². The van der Waals surface area contributed by atoms with Crippen LogP contribution in [0.5, 0.6) is 11.5 Å². The lowest BCUT2D eigenvalue weighted by atomic mass is 10.0. The van der Waals surface area contributed by atoms with E-state index in [0.29, 0.717) is 12.8 Å². The molecule has 0 radical (unpaired) electrons. The van der Waals surface area contributed by atoms with Gasteiger partial charge in [0.15, 0.2) is 17.1 Å². The number of benzene rings is 1. The number of carbonyl (C=O) groups excluding carboxylic acids is 1. The number of esters is 1. The summed E-state index contributed by atoms with van der Waals surface area (Å²) in [7, 11) is -4.58. The van der Waals surface area contributed by atoms with Gasteiger partial charge in [0.25, 0.3) is 0 Å². The summed E-state index contributed by atoms with van der Waals surface area (Å²) in [6.45, 7) is -0.698. The van der Waals surface area contributed by atoms with E-state index < -0.39 is 51.9 Å². The first-order valence-electron chi connectivity index (χ1n) is 8.10. The van der Waals surface area contributed by atoms with Crippen molar-refractivity contribution in [3.05, 3.63) is 23.8 Å². The highest BCUT2D eigenvalue weighted by Crippen LogP contribution is 2.40. The van der Waals surface area contributed by atoms with Gasteiger partial charge in [0, 0.05) is 0 Å². The second-order valence-corrected chi connectivity index (χ2v) is 7.58. The first-order chi connectivity index (χ1) is 12.9. The summed E-state index contributed by atoms with van der Waals surface area (Å²) in [6.07, 6.45) is 2.78. The number of rotatable bonds is 7. The third-order valence-corrected chi connectivity index (χ3v) is 4.62. The van der Waals surface area contributed by atoms with Crippen molar-refractivity contribution in [2.75, 3.05) is 12.4 Å². The van der Waals surface area contributed by atoms with Crippen LogP contribution in [0.2, 0.25) is 0 Å². The van der Waals surface area contributed by atoms with Gasteiger partial charge in [0.2, 0.25) is 0 Å². The van der Waals surface area contributed by atoms with Crippen LogP contribution in [-0.4, -0.2) is 43.3 Å². The molecule has 0 spiro atoms. The summed E-state index contributed by atoms with van der Waals surface area (Å²) in [5.41, 5.74) is -1.35. The molecule has 0 bridgehead atoms. The summed E-state index contributed by atoms with van der Waals surface area (Å²) in [5, 5.41) is 0. The van der Waals surface area contributed by atoms with E-state index in [4.69, 9.17) is 11.2 Å². The third-order valence-electron chi connectivity index (χ3n) is 3.95. The Hall–Kier alpha value is -2.45. The van der Waals surface area contributed by atoms with Crippen molar-refractivity contribution in [3.8, 4) is 23.8 Å². The fraction of sp³-hybridized carbons (Fsp3) is 0.471. The molecule has 11 heteroatoms. The highest BCUT2D eigenvalue weighted by Gasteiger charge is 2.37. The Morgan fingerprint density at radius 1 is 1.25 bits per heavy atom. The molecule has 1 aromatic rings. The van der Waals surface area contributed by atoms with Gasteiger partial charge >= 0.3 is 12.3 Å². The molecule has 0 aromatic heterocycles. The quantitative estimate of drug-likeness (QED) is 0.379. The molecule has 7 nitrogen and oxygen atoms in total. The SMILES string of the molecule is C#CC1(Oc2cc(C(=O)OCCS(=O)(=O)[O-])ccc2OC(F)(F)F)CCCC1. The van der Waals surface area contributed by atoms with Crippen molar-refractivity contribution in [2.24, 2.45) is 0 Å². The molecule has 154 valence electrons. The minimum atomic E-state index is -5.00. The molecule has 0 heterocycles. The zero-order valence-electron chi connectivity index (χ0n) is 14.5. The topological polar surface area (TPSA) is 102 Å². The van der Waals surface area contributed by atoms with Crippen LogP contribution in [0.1, 0.15) is 36.0 Å². The highest BCUT2D eigenvalue weighted by atomic mass is 32.2. The standard InChI is InChI=1S/C17H17F3O7S/c1-2-16(7-3-4-8-16)26-14-11-12(5-6-13(14)27-17(18,19)20)15(21)25-9-10-28(22,23)24/h1,5-6,11H,3-4,7-10H2,(H,22,23,24)/p-1. The number of alkyl halides is 3. The zero-order valence-corrected chi connectivity index (χ0v) is 15.3. The second-order valence-electron chi connectivity index (χ2n) is 6.05. The number of hydrogen-bond acceptors (Lipinski definition) is 7. The van der Waals surface area contributed by atoms with Crippen LogP contribution < -0.4 is 9.47 Å². The molecule has 0 N–H and O–H groups in total. The molecule has 28 heavy (non-hydrogen) atoms. The molecular weight excluding hydrogens is 405 g/mol. The van der Waals surface area contributed by atoms with Gasteiger partial charge in [0.1, 0.15) is 6.61 Å².